The summed E-state index contributed by atoms with van der Waals surface area (Å²) in [6, 6.07) is 8.58. The van der Waals surface area contributed by atoms with E-state index >= 15 is 0 Å². The molecular weight excluding hydrogens is 555 g/mol. The summed E-state index contributed by atoms with van der Waals surface area (Å²) < 4.78 is 30.8. The number of hydrogen-bond donors (Lipinski definition) is 0. The first-order valence-corrected chi connectivity index (χ1v) is 14.8. The second-order valence-corrected chi connectivity index (χ2v) is 12.7. The van der Waals surface area contributed by atoms with Gasteiger partial charge < -0.3 is 14.4 Å². The van der Waals surface area contributed by atoms with Gasteiger partial charge in [-0.05, 0) is 76.8 Å². The number of thiophene rings is 1. The van der Waals surface area contributed by atoms with E-state index in [9.17, 15) is 9.18 Å². The maximum atomic E-state index is 14.5. The third-order valence-electron chi connectivity index (χ3n) is 6.78. The minimum atomic E-state index is -0.582. The molecule has 0 atom stereocenters. The normalized spacial score (nSPS) is 13.6. The maximum absolute atomic E-state index is 14.5. The van der Waals surface area contributed by atoms with Crippen LogP contribution in [0.25, 0.3) is 38.4 Å². The molecule has 1 amide bonds. The van der Waals surface area contributed by atoms with Crippen molar-refractivity contribution in [1.29, 1.82) is 0 Å². The van der Waals surface area contributed by atoms with Crippen LogP contribution >= 0.6 is 11.3 Å². The van der Waals surface area contributed by atoms with Crippen LogP contribution in [0, 0.1) is 12.7 Å². The van der Waals surface area contributed by atoms with Crippen molar-refractivity contribution in [3.63, 3.8) is 0 Å². The quantitative estimate of drug-likeness (QED) is 0.220. The molecule has 218 valence electrons. The fraction of sp³-hybridized carbons (Fsp3) is 0.355. The monoisotopic (exact) mass is 588 g/mol. The predicted molar refractivity (Wildman–Crippen MR) is 161 cm³/mol. The van der Waals surface area contributed by atoms with E-state index in [-0.39, 0.29) is 18.0 Å². The van der Waals surface area contributed by atoms with Crippen molar-refractivity contribution in [2.75, 3.05) is 6.54 Å². The lowest BCUT2D eigenvalue weighted by Gasteiger charge is -2.30. The molecule has 5 heterocycles. The Labute approximate surface area is 247 Å². The van der Waals surface area contributed by atoms with Crippen LogP contribution in [0.2, 0.25) is 0 Å². The van der Waals surface area contributed by atoms with Gasteiger partial charge in [0.05, 0.1) is 31.1 Å². The number of aromatic nitrogens is 5. The molecule has 0 bridgehead atoms. The molecule has 0 radical (unpaired) electrons. The van der Waals surface area contributed by atoms with Gasteiger partial charge in [-0.1, -0.05) is 0 Å². The van der Waals surface area contributed by atoms with Crippen molar-refractivity contribution in [1.82, 2.24) is 29.4 Å². The van der Waals surface area contributed by atoms with Crippen molar-refractivity contribution in [3.05, 3.63) is 65.2 Å². The predicted octanol–water partition coefficient (Wildman–Crippen LogP) is 7.00. The van der Waals surface area contributed by atoms with E-state index in [1.807, 2.05) is 69.9 Å². The van der Waals surface area contributed by atoms with Crippen molar-refractivity contribution in [3.8, 4) is 34.1 Å². The molecular formula is C31H33FN6O3S. The highest BCUT2D eigenvalue weighted by molar-refractivity contribution is 7.18. The van der Waals surface area contributed by atoms with Crippen molar-refractivity contribution in [2.24, 2.45) is 0 Å². The molecule has 42 heavy (non-hydrogen) atoms. The largest absolute Gasteiger partial charge is 0.490 e. The number of aryl methyl sites for hydroxylation is 1. The fourth-order valence-corrected chi connectivity index (χ4v) is 6.02. The number of ether oxygens (including phenoxy) is 2. The van der Waals surface area contributed by atoms with E-state index in [0.29, 0.717) is 42.6 Å². The second-order valence-electron chi connectivity index (χ2n) is 11.7. The van der Waals surface area contributed by atoms with E-state index in [1.165, 1.54) is 12.1 Å². The van der Waals surface area contributed by atoms with Gasteiger partial charge in [0.15, 0.2) is 5.82 Å². The average molecular weight is 589 g/mol. The van der Waals surface area contributed by atoms with E-state index in [1.54, 1.807) is 33.2 Å². The number of hydrogen-bond acceptors (Lipinski definition) is 7. The summed E-state index contributed by atoms with van der Waals surface area (Å²) >= 11 is 1.58. The van der Waals surface area contributed by atoms with Crippen molar-refractivity contribution in [2.45, 2.75) is 66.3 Å². The first-order chi connectivity index (χ1) is 20.0. The zero-order valence-corrected chi connectivity index (χ0v) is 25.3. The first-order valence-electron chi connectivity index (χ1n) is 13.9. The number of rotatable bonds is 5. The summed E-state index contributed by atoms with van der Waals surface area (Å²) in [6.07, 6.45) is 3.22. The van der Waals surface area contributed by atoms with Gasteiger partial charge in [-0.3, -0.25) is 4.68 Å². The minimum absolute atomic E-state index is 0.161. The molecule has 9 nitrogen and oxygen atoms in total. The SMILES string of the molecule is Cc1cnn(-c2nc(-c3cc4n(n3)CCN(C(=O)OC(C)(C)C)C4)c(-c3ccc(F)cc3OC(C)C)c3sccc23)c1. The molecule has 11 heteroatoms. The fourth-order valence-electron chi connectivity index (χ4n) is 5.07. The van der Waals surface area contributed by atoms with Crippen LogP contribution in [0.5, 0.6) is 5.75 Å². The van der Waals surface area contributed by atoms with E-state index < -0.39 is 5.60 Å². The Kier molecular flexibility index (Phi) is 7.00. The molecule has 0 aliphatic carbocycles. The highest BCUT2D eigenvalue weighted by Crippen LogP contribution is 2.45. The van der Waals surface area contributed by atoms with Crippen molar-refractivity contribution < 1.29 is 18.7 Å². The van der Waals surface area contributed by atoms with Gasteiger partial charge in [-0.15, -0.1) is 11.3 Å². The molecule has 0 spiro atoms. The van der Waals surface area contributed by atoms with E-state index in [2.05, 4.69) is 5.10 Å². The summed E-state index contributed by atoms with van der Waals surface area (Å²) in [6.45, 7) is 12.8. The maximum Gasteiger partial charge on any atom is 0.410 e. The molecule has 0 fully saturated rings. The molecule has 1 aromatic carbocycles. The number of halogens is 1. The molecule has 4 aromatic heterocycles. The van der Waals surface area contributed by atoms with Crippen LogP contribution in [-0.2, 0) is 17.8 Å². The zero-order valence-electron chi connectivity index (χ0n) is 24.5. The van der Waals surface area contributed by atoms with Crippen molar-refractivity contribution >= 4 is 27.5 Å². The highest BCUT2D eigenvalue weighted by Gasteiger charge is 2.29. The lowest BCUT2D eigenvalue weighted by molar-refractivity contribution is 0.0194. The van der Waals surface area contributed by atoms with Gasteiger partial charge in [-0.25, -0.2) is 18.9 Å². The zero-order chi connectivity index (χ0) is 29.8. The Hall–Kier alpha value is -4.25. The standard InChI is InChI=1S/C31H33FN6O3S/c1-18(2)40-25-13-20(32)7-8-22(25)26-27(34-29(23-9-12-42-28(23)26)38-16-19(3)15-33-38)24-14-21-17-36(10-11-37(21)35-24)30(39)41-31(4,5)6/h7-9,12-16,18H,10-11,17H2,1-6H3. The number of benzene rings is 1. The van der Waals surface area contributed by atoms with Gasteiger partial charge in [-0.2, -0.15) is 10.2 Å². The summed E-state index contributed by atoms with van der Waals surface area (Å²) in [5.74, 6) is 0.730. The van der Waals surface area contributed by atoms with E-state index in [4.69, 9.17) is 19.6 Å². The minimum Gasteiger partial charge on any atom is -0.490 e. The average Bonchev–Trinajstić information content (AvgIpc) is 3.66. The molecule has 1 aliphatic rings. The summed E-state index contributed by atoms with van der Waals surface area (Å²) in [7, 11) is 0. The van der Waals surface area contributed by atoms with Crippen LogP contribution in [0.3, 0.4) is 0 Å². The smallest absolute Gasteiger partial charge is 0.410 e. The number of carbonyl (C=O) groups is 1. The van der Waals surface area contributed by atoms with Crippen LogP contribution in [0.1, 0.15) is 45.9 Å². The Balaban J connectivity index is 1.54. The van der Waals surface area contributed by atoms with Crippen LogP contribution in [0.4, 0.5) is 9.18 Å². The van der Waals surface area contributed by atoms with E-state index in [0.717, 1.165) is 32.5 Å². The van der Waals surface area contributed by atoms with Gasteiger partial charge in [0.1, 0.15) is 28.6 Å². The van der Waals surface area contributed by atoms with Gasteiger partial charge >= 0.3 is 6.09 Å². The molecule has 0 N–H and O–H groups in total. The van der Waals surface area contributed by atoms with Gasteiger partial charge in [0, 0.05) is 40.0 Å². The third kappa shape index (κ3) is 5.36. The Morgan fingerprint density at radius 2 is 1.95 bits per heavy atom. The number of fused-ring (bicyclic) bond motifs is 2. The van der Waals surface area contributed by atoms with Crippen LogP contribution in [0.15, 0.2) is 48.1 Å². The number of carbonyl (C=O) groups excluding carboxylic acids is 1. The van der Waals surface area contributed by atoms with Crippen LogP contribution < -0.4 is 4.74 Å². The molecule has 5 aromatic rings. The second kappa shape index (κ2) is 10.5. The van der Waals surface area contributed by atoms with Gasteiger partial charge in [0.25, 0.3) is 0 Å². The number of amides is 1. The summed E-state index contributed by atoms with van der Waals surface area (Å²) in [4.78, 5) is 19.7. The molecule has 0 unspecified atom stereocenters. The van der Waals surface area contributed by atoms with Gasteiger partial charge in [0.2, 0.25) is 0 Å². The number of pyridine rings is 1. The Bertz CT molecular complexity index is 1800. The van der Waals surface area contributed by atoms with Crippen LogP contribution in [-0.4, -0.2) is 53.8 Å². The molecule has 1 aliphatic heterocycles. The molecule has 0 saturated carbocycles. The molecule has 6 rings (SSSR count). The lowest BCUT2D eigenvalue weighted by Crippen LogP contribution is -2.41. The topological polar surface area (TPSA) is 87.3 Å². The number of nitrogens with zero attached hydrogens (tertiary/aromatic N) is 6. The highest BCUT2D eigenvalue weighted by atomic mass is 32.1. The molecule has 0 saturated heterocycles. The summed E-state index contributed by atoms with van der Waals surface area (Å²) in [5.41, 5.74) is 4.10. The Morgan fingerprint density at radius 1 is 1.14 bits per heavy atom. The third-order valence-corrected chi connectivity index (χ3v) is 7.72. The Morgan fingerprint density at radius 3 is 2.67 bits per heavy atom. The summed E-state index contributed by atoms with van der Waals surface area (Å²) in [5, 5.41) is 12.4. The first kappa shape index (κ1) is 27.9. The lowest BCUT2D eigenvalue weighted by atomic mass is 9.99.